The van der Waals surface area contributed by atoms with Crippen molar-refractivity contribution in [1.29, 1.82) is 0 Å². The van der Waals surface area contributed by atoms with Crippen molar-refractivity contribution >= 4 is 5.97 Å². The Balaban J connectivity index is 2.71. The van der Waals surface area contributed by atoms with Gasteiger partial charge in [-0.1, -0.05) is 24.3 Å². The zero-order valence-corrected chi connectivity index (χ0v) is 10.6. The maximum absolute atomic E-state index is 11.3. The minimum absolute atomic E-state index is 0.170. The molecule has 0 radical (unpaired) electrons. The van der Waals surface area contributed by atoms with Gasteiger partial charge in [0.05, 0.1) is 6.61 Å². The normalized spacial score (nSPS) is 14.0. The van der Waals surface area contributed by atoms with Gasteiger partial charge in [0.25, 0.3) is 0 Å². The fourth-order valence-corrected chi connectivity index (χ4v) is 1.58. The summed E-state index contributed by atoms with van der Waals surface area (Å²) in [6, 6.07) is 7.01. The van der Waals surface area contributed by atoms with E-state index in [4.69, 9.17) is 0 Å². The molecule has 2 unspecified atom stereocenters. The Hall–Kier alpha value is -1.43. The third-order valence-electron chi connectivity index (χ3n) is 2.53. The van der Waals surface area contributed by atoms with Crippen molar-refractivity contribution in [3.63, 3.8) is 0 Å². The van der Waals surface area contributed by atoms with E-state index in [1.54, 1.807) is 19.1 Å². The van der Waals surface area contributed by atoms with E-state index in [0.717, 1.165) is 12.1 Å². The highest BCUT2D eigenvalue weighted by atomic mass is 16.5. The predicted octanol–water partition coefficient (Wildman–Crippen LogP) is 0.363. The van der Waals surface area contributed by atoms with Crippen molar-refractivity contribution < 1.29 is 19.7 Å². The number of aliphatic hydroxyl groups excluding tert-OH is 2. The Kier molecular flexibility index (Phi) is 5.77. The predicted molar refractivity (Wildman–Crippen MR) is 66.8 cm³/mol. The summed E-state index contributed by atoms with van der Waals surface area (Å²) in [6.45, 7) is 2.53. The van der Waals surface area contributed by atoms with Crippen LogP contribution in [0.1, 0.15) is 24.2 Å². The molecule has 0 spiro atoms. The molecule has 0 aliphatic heterocycles. The molecule has 0 bridgehead atoms. The van der Waals surface area contributed by atoms with Gasteiger partial charge in [-0.25, -0.2) is 4.79 Å². The van der Waals surface area contributed by atoms with E-state index in [0.29, 0.717) is 5.56 Å². The number of rotatable bonds is 6. The molecule has 1 aromatic rings. The van der Waals surface area contributed by atoms with Crippen LogP contribution in [0.5, 0.6) is 0 Å². The number of aliphatic hydroxyl groups is 2. The van der Waals surface area contributed by atoms with Crippen LogP contribution >= 0.6 is 0 Å². The number of esters is 1. The second-order valence-electron chi connectivity index (χ2n) is 3.91. The van der Waals surface area contributed by atoms with Crippen LogP contribution in [-0.4, -0.2) is 35.9 Å². The van der Waals surface area contributed by atoms with Crippen LogP contribution < -0.4 is 5.32 Å². The van der Waals surface area contributed by atoms with Crippen LogP contribution in [0.2, 0.25) is 0 Å². The summed E-state index contributed by atoms with van der Waals surface area (Å²) in [5.41, 5.74) is 1.54. The average molecular weight is 253 g/mol. The molecule has 0 amide bonds. The molecule has 3 N–H and O–H groups in total. The lowest BCUT2D eigenvalue weighted by molar-refractivity contribution is -0.159. The molecule has 100 valence electrons. The van der Waals surface area contributed by atoms with Gasteiger partial charge in [-0.05, 0) is 25.1 Å². The molecule has 1 aromatic carbocycles. The lowest BCUT2D eigenvalue weighted by atomic mass is 10.0. The summed E-state index contributed by atoms with van der Waals surface area (Å²) in [5, 5.41) is 22.5. The minimum Gasteiger partial charge on any atom is -0.464 e. The number of hydrogen-bond acceptors (Lipinski definition) is 5. The minimum atomic E-state index is -1.56. The van der Waals surface area contributed by atoms with E-state index < -0.39 is 18.2 Å². The van der Waals surface area contributed by atoms with Gasteiger partial charge in [-0.3, -0.25) is 0 Å². The molecule has 5 nitrogen and oxygen atoms in total. The molecule has 0 saturated carbocycles. The first-order valence-electron chi connectivity index (χ1n) is 5.86. The molecule has 0 aliphatic carbocycles. The molecule has 0 saturated heterocycles. The Morgan fingerprint density at radius 3 is 2.44 bits per heavy atom. The summed E-state index contributed by atoms with van der Waals surface area (Å²) < 4.78 is 4.65. The van der Waals surface area contributed by atoms with E-state index >= 15 is 0 Å². The van der Waals surface area contributed by atoms with E-state index in [9.17, 15) is 15.0 Å². The highest BCUT2D eigenvalue weighted by Gasteiger charge is 2.26. The standard InChI is InChI=1S/C13H19NO4/c1-3-18-13(17)12(16)11(15)10-6-4-9(5-7-10)8-14-2/h4-7,11-12,14-16H,3,8H2,1-2H3. The Bertz CT molecular complexity index is 377. The summed E-state index contributed by atoms with van der Waals surface area (Å²) in [6.07, 6.45) is -2.83. The second kappa shape index (κ2) is 7.10. The van der Waals surface area contributed by atoms with E-state index in [-0.39, 0.29) is 6.61 Å². The molecule has 5 heteroatoms. The van der Waals surface area contributed by atoms with Gasteiger partial charge in [-0.15, -0.1) is 0 Å². The summed E-state index contributed by atoms with van der Waals surface area (Å²) in [7, 11) is 1.84. The first-order chi connectivity index (χ1) is 8.60. The SMILES string of the molecule is CCOC(=O)C(O)C(O)c1ccc(CNC)cc1. The number of carbonyl (C=O) groups is 1. The summed E-state index contributed by atoms with van der Waals surface area (Å²) in [4.78, 5) is 11.3. The van der Waals surface area contributed by atoms with Crippen molar-refractivity contribution in [3.8, 4) is 0 Å². The molecule has 1 rings (SSSR count). The van der Waals surface area contributed by atoms with Gasteiger partial charge in [0.1, 0.15) is 6.10 Å². The third-order valence-corrected chi connectivity index (χ3v) is 2.53. The highest BCUT2D eigenvalue weighted by molar-refractivity contribution is 5.75. The van der Waals surface area contributed by atoms with E-state index in [2.05, 4.69) is 10.1 Å². The molecule has 0 heterocycles. The van der Waals surface area contributed by atoms with Gasteiger partial charge in [0, 0.05) is 6.54 Å². The van der Waals surface area contributed by atoms with Crippen molar-refractivity contribution in [1.82, 2.24) is 5.32 Å². The topological polar surface area (TPSA) is 78.8 Å². The van der Waals surface area contributed by atoms with Crippen molar-refractivity contribution in [2.75, 3.05) is 13.7 Å². The first kappa shape index (κ1) is 14.6. The smallest absolute Gasteiger partial charge is 0.338 e. The molecular weight excluding hydrogens is 234 g/mol. The molecule has 18 heavy (non-hydrogen) atoms. The number of ether oxygens (including phenoxy) is 1. The third kappa shape index (κ3) is 3.80. The fraction of sp³-hybridized carbons (Fsp3) is 0.462. The zero-order chi connectivity index (χ0) is 13.5. The van der Waals surface area contributed by atoms with Gasteiger partial charge >= 0.3 is 5.97 Å². The quantitative estimate of drug-likeness (QED) is 0.638. The largest absolute Gasteiger partial charge is 0.464 e. The number of nitrogens with one attached hydrogen (secondary N) is 1. The zero-order valence-electron chi connectivity index (χ0n) is 10.6. The van der Waals surface area contributed by atoms with E-state index in [1.165, 1.54) is 0 Å². The van der Waals surface area contributed by atoms with Crippen molar-refractivity contribution in [2.24, 2.45) is 0 Å². The van der Waals surface area contributed by atoms with Crippen LogP contribution in [0.3, 0.4) is 0 Å². The summed E-state index contributed by atoms with van der Waals surface area (Å²) in [5.74, 6) is -0.815. The van der Waals surface area contributed by atoms with Crippen molar-refractivity contribution in [3.05, 3.63) is 35.4 Å². The Morgan fingerprint density at radius 2 is 1.94 bits per heavy atom. The molecule has 0 aliphatic rings. The first-order valence-corrected chi connectivity index (χ1v) is 5.86. The van der Waals surface area contributed by atoms with Crippen LogP contribution in [0.25, 0.3) is 0 Å². The lowest BCUT2D eigenvalue weighted by Crippen LogP contribution is -2.29. The Morgan fingerprint density at radius 1 is 1.33 bits per heavy atom. The monoisotopic (exact) mass is 253 g/mol. The number of benzene rings is 1. The molecular formula is C13H19NO4. The lowest BCUT2D eigenvalue weighted by Gasteiger charge is -2.17. The van der Waals surface area contributed by atoms with Crippen molar-refractivity contribution in [2.45, 2.75) is 25.7 Å². The van der Waals surface area contributed by atoms with Crippen LogP contribution in [-0.2, 0) is 16.1 Å². The van der Waals surface area contributed by atoms with Crippen LogP contribution in [0, 0.1) is 0 Å². The van der Waals surface area contributed by atoms with Crippen LogP contribution in [0.4, 0.5) is 0 Å². The average Bonchev–Trinajstić information content (AvgIpc) is 2.38. The molecule has 0 fully saturated rings. The fourth-order valence-electron chi connectivity index (χ4n) is 1.58. The maximum atomic E-state index is 11.3. The van der Waals surface area contributed by atoms with Gasteiger partial charge < -0.3 is 20.3 Å². The van der Waals surface area contributed by atoms with Crippen LogP contribution in [0.15, 0.2) is 24.3 Å². The van der Waals surface area contributed by atoms with Gasteiger partial charge in [0.15, 0.2) is 6.10 Å². The molecule has 0 aromatic heterocycles. The summed E-state index contributed by atoms with van der Waals surface area (Å²) >= 11 is 0. The number of carbonyl (C=O) groups excluding carboxylic acids is 1. The maximum Gasteiger partial charge on any atom is 0.338 e. The van der Waals surface area contributed by atoms with E-state index in [1.807, 2.05) is 19.2 Å². The molecule has 2 atom stereocenters. The highest BCUT2D eigenvalue weighted by Crippen LogP contribution is 2.18. The number of hydrogen-bond donors (Lipinski definition) is 3. The van der Waals surface area contributed by atoms with Gasteiger partial charge in [0.2, 0.25) is 0 Å². The Labute approximate surface area is 106 Å². The second-order valence-corrected chi connectivity index (χ2v) is 3.91. The van der Waals surface area contributed by atoms with Gasteiger partial charge in [-0.2, -0.15) is 0 Å².